The maximum atomic E-state index is 8.99. The second-order valence-corrected chi connectivity index (χ2v) is 5.22. The Labute approximate surface area is 77.5 Å². The molecule has 0 unspecified atom stereocenters. The van der Waals surface area contributed by atoms with Gasteiger partial charge in [0.1, 0.15) is 0 Å². The van der Waals surface area contributed by atoms with Gasteiger partial charge >= 0.3 is 77.5 Å². The first-order valence-electron chi connectivity index (χ1n) is 3.60. The average molecular weight is 264 g/mol. The zero-order valence-corrected chi connectivity index (χ0v) is 8.91. The van der Waals surface area contributed by atoms with Crippen LogP contribution >= 0.6 is 0 Å². The predicted molar refractivity (Wildman–Crippen MR) is 48.2 cm³/mol. The quantitative estimate of drug-likeness (QED) is 0.829. The first kappa shape index (κ1) is 8.90. The van der Waals surface area contributed by atoms with E-state index < -0.39 is 0 Å². The van der Waals surface area contributed by atoms with Crippen molar-refractivity contribution in [1.82, 2.24) is 0 Å². The fourth-order valence-corrected chi connectivity index (χ4v) is 2.14. The van der Waals surface area contributed by atoms with Crippen LogP contribution in [-0.2, 0) is 6.42 Å². The van der Waals surface area contributed by atoms with Gasteiger partial charge in [-0.15, -0.1) is 0 Å². The summed E-state index contributed by atoms with van der Waals surface area (Å²) in [6.07, 6.45) is 1.18. The first-order valence-corrected chi connectivity index (χ1v) is 7.57. The number of phenolic OH excluding ortho intramolecular Hbond substituents is 1. The Kier molecular flexibility index (Phi) is 3.75. The number of phenols is 1. The molecule has 0 aliphatic rings. The summed E-state index contributed by atoms with van der Waals surface area (Å²) in [5, 5.41) is 8.99. The van der Waals surface area contributed by atoms with Crippen LogP contribution < -0.4 is 0 Å². The van der Waals surface area contributed by atoms with E-state index in [1.807, 2.05) is 12.1 Å². The van der Waals surface area contributed by atoms with Crippen molar-refractivity contribution >= 4 is 20.9 Å². The molecule has 0 aliphatic heterocycles. The predicted octanol–water partition coefficient (Wildman–Crippen LogP) is 2.11. The summed E-state index contributed by atoms with van der Waals surface area (Å²) in [6, 6.07) is 7.51. The summed E-state index contributed by atoms with van der Waals surface area (Å²) >= 11 is 0.264. The molecule has 2 heteroatoms. The van der Waals surface area contributed by atoms with Crippen molar-refractivity contribution in [2.24, 2.45) is 0 Å². The SMILES string of the molecule is C[Te]CCc1ccc(O)cc1. The van der Waals surface area contributed by atoms with Gasteiger partial charge in [0, 0.05) is 0 Å². The van der Waals surface area contributed by atoms with Crippen LogP contribution in [-0.4, -0.2) is 26.0 Å². The van der Waals surface area contributed by atoms with Crippen LogP contribution in [0.3, 0.4) is 0 Å². The normalized spacial score (nSPS) is 9.91. The third-order valence-corrected chi connectivity index (χ3v) is 3.28. The van der Waals surface area contributed by atoms with E-state index in [9.17, 15) is 0 Å². The molecule has 0 saturated heterocycles. The molecule has 1 rings (SSSR count). The summed E-state index contributed by atoms with van der Waals surface area (Å²) in [5.41, 5.74) is 1.34. The van der Waals surface area contributed by atoms with Crippen LogP contribution in [0.25, 0.3) is 0 Å². The number of benzene rings is 1. The van der Waals surface area contributed by atoms with Crippen LogP contribution in [0.15, 0.2) is 24.3 Å². The molecule has 0 heterocycles. The molecule has 1 aromatic carbocycles. The Hall–Kier alpha value is -0.190. The molecule has 0 bridgehead atoms. The Morgan fingerprint density at radius 3 is 2.45 bits per heavy atom. The van der Waals surface area contributed by atoms with Gasteiger partial charge in [0.25, 0.3) is 0 Å². The number of hydrogen-bond acceptors (Lipinski definition) is 1. The van der Waals surface area contributed by atoms with Gasteiger partial charge in [0.15, 0.2) is 0 Å². The van der Waals surface area contributed by atoms with Crippen molar-refractivity contribution in [3.63, 3.8) is 0 Å². The van der Waals surface area contributed by atoms with E-state index in [4.69, 9.17) is 5.11 Å². The molecule has 1 N–H and O–H groups in total. The molecular formula is C9H12OTe. The molecule has 0 atom stereocenters. The minimum atomic E-state index is 0.264. The van der Waals surface area contributed by atoms with Crippen molar-refractivity contribution in [3.8, 4) is 5.75 Å². The Bertz CT molecular complexity index is 205. The third kappa shape index (κ3) is 3.14. The molecule has 0 saturated carbocycles. The van der Waals surface area contributed by atoms with Crippen LogP contribution in [0.1, 0.15) is 5.56 Å². The molecule has 0 radical (unpaired) electrons. The van der Waals surface area contributed by atoms with Crippen molar-refractivity contribution in [1.29, 1.82) is 0 Å². The van der Waals surface area contributed by atoms with Gasteiger partial charge in [-0.25, -0.2) is 0 Å². The summed E-state index contributed by atoms with van der Waals surface area (Å²) in [5.74, 6) is 0.363. The number of aryl methyl sites for hydroxylation is 1. The molecule has 0 fully saturated rings. The molecule has 0 amide bonds. The molecule has 0 aromatic heterocycles. The van der Waals surface area contributed by atoms with Gasteiger partial charge in [0.2, 0.25) is 0 Å². The van der Waals surface area contributed by atoms with E-state index in [0.717, 1.165) is 0 Å². The van der Waals surface area contributed by atoms with Gasteiger partial charge in [-0.3, -0.25) is 0 Å². The van der Waals surface area contributed by atoms with E-state index in [-0.39, 0.29) is 20.9 Å². The summed E-state index contributed by atoms with van der Waals surface area (Å²) in [6.45, 7) is 0. The second-order valence-electron chi connectivity index (χ2n) is 2.41. The van der Waals surface area contributed by atoms with Gasteiger partial charge in [-0.2, -0.15) is 0 Å². The number of aromatic hydroxyl groups is 1. The standard InChI is InChI=1S/C9H12OTe/c1-11-7-6-8-2-4-9(10)5-3-8/h2-5,10H,6-7H2,1H3. The second kappa shape index (κ2) is 4.64. The first-order chi connectivity index (χ1) is 5.33. The van der Waals surface area contributed by atoms with Crippen LogP contribution in [0.5, 0.6) is 5.75 Å². The fraction of sp³-hybridized carbons (Fsp3) is 0.333. The van der Waals surface area contributed by atoms with Gasteiger partial charge in [0.05, 0.1) is 0 Å². The van der Waals surface area contributed by atoms with E-state index in [2.05, 4.69) is 4.97 Å². The summed E-state index contributed by atoms with van der Waals surface area (Å²) < 4.78 is 1.36. The third-order valence-electron chi connectivity index (χ3n) is 1.53. The Morgan fingerprint density at radius 1 is 1.27 bits per heavy atom. The van der Waals surface area contributed by atoms with E-state index >= 15 is 0 Å². The number of hydrogen-bond donors (Lipinski definition) is 1. The topological polar surface area (TPSA) is 20.2 Å². The van der Waals surface area contributed by atoms with Crippen molar-refractivity contribution < 1.29 is 5.11 Å². The van der Waals surface area contributed by atoms with Crippen LogP contribution in [0, 0.1) is 0 Å². The molecule has 1 nitrogen and oxygen atoms in total. The molecule has 0 aliphatic carbocycles. The van der Waals surface area contributed by atoms with Gasteiger partial charge in [-0.05, 0) is 0 Å². The van der Waals surface area contributed by atoms with Gasteiger partial charge in [-0.1, -0.05) is 0 Å². The van der Waals surface area contributed by atoms with Crippen molar-refractivity contribution in [2.45, 2.75) is 15.9 Å². The van der Waals surface area contributed by atoms with E-state index in [0.29, 0.717) is 5.75 Å². The average Bonchev–Trinajstić information content (AvgIpc) is 2.04. The van der Waals surface area contributed by atoms with E-state index in [1.54, 1.807) is 12.1 Å². The monoisotopic (exact) mass is 266 g/mol. The van der Waals surface area contributed by atoms with E-state index in [1.165, 1.54) is 16.5 Å². The van der Waals surface area contributed by atoms with Crippen LogP contribution in [0.2, 0.25) is 9.44 Å². The zero-order chi connectivity index (χ0) is 8.10. The Morgan fingerprint density at radius 2 is 1.91 bits per heavy atom. The minimum absolute atomic E-state index is 0.264. The summed E-state index contributed by atoms with van der Waals surface area (Å²) in [4.78, 5) is 2.31. The van der Waals surface area contributed by atoms with Crippen LogP contribution in [0.4, 0.5) is 0 Å². The molecular weight excluding hydrogens is 252 g/mol. The van der Waals surface area contributed by atoms with Crippen molar-refractivity contribution in [2.75, 3.05) is 0 Å². The fourth-order valence-electron chi connectivity index (χ4n) is 0.883. The van der Waals surface area contributed by atoms with Crippen molar-refractivity contribution in [3.05, 3.63) is 29.8 Å². The zero-order valence-electron chi connectivity index (χ0n) is 6.58. The molecule has 1 aromatic rings. The maximum absolute atomic E-state index is 8.99. The van der Waals surface area contributed by atoms with Gasteiger partial charge < -0.3 is 0 Å². The molecule has 0 spiro atoms. The Balaban J connectivity index is 2.52. The molecule has 11 heavy (non-hydrogen) atoms. The molecule has 60 valence electrons. The number of rotatable bonds is 3. The summed E-state index contributed by atoms with van der Waals surface area (Å²) in [7, 11) is 0.